The van der Waals surface area contributed by atoms with Crippen LogP contribution >= 0.6 is 0 Å². The van der Waals surface area contributed by atoms with Gasteiger partial charge in [0.15, 0.2) is 0 Å². The van der Waals surface area contributed by atoms with Gasteiger partial charge in [-0.2, -0.15) is 0 Å². The van der Waals surface area contributed by atoms with Gasteiger partial charge in [0.1, 0.15) is 6.54 Å². The first-order chi connectivity index (χ1) is 17.7. The van der Waals surface area contributed by atoms with Crippen molar-refractivity contribution in [3.8, 4) is 16.9 Å². The molecular weight excluding hydrogens is 452 g/mol. The third-order valence-electron chi connectivity index (χ3n) is 6.15. The lowest BCUT2D eigenvalue weighted by Gasteiger charge is -2.25. The van der Waals surface area contributed by atoms with E-state index in [2.05, 4.69) is 5.32 Å². The molecule has 1 saturated heterocycles. The summed E-state index contributed by atoms with van der Waals surface area (Å²) < 4.78 is 7.61. The number of benzene rings is 3. The molecule has 2 amide bonds. The number of nitrogens with one attached hydrogen (secondary N) is 1. The number of anilines is 1. The van der Waals surface area contributed by atoms with Crippen LogP contribution in [0.3, 0.4) is 0 Å². The summed E-state index contributed by atoms with van der Waals surface area (Å²) in [5, 5.41) is 2.94. The van der Waals surface area contributed by atoms with E-state index in [0.29, 0.717) is 24.7 Å². The minimum Gasteiger partial charge on any atom is -0.376 e. The van der Waals surface area contributed by atoms with Crippen molar-refractivity contribution in [2.75, 3.05) is 25.0 Å². The Balaban J connectivity index is 1.39. The summed E-state index contributed by atoms with van der Waals surface area (Å²) in [6.45, 7) is 0.945. The molecule has 1 atom stereocenters. The fourth-order valence-corrected chi connectivity index (χ4v) is 4.36. The van der Waals surface area contributed by atoms with Crippen molar-refractivity contribution < 1.29 is 14.3 Å². The second-order valence-electron chi connectivity index (χ2n) is 8.76. The van der Waals surface area contributed by atoms with Crippen molar-refractivity contribution in [1.82, 2.24) is 14.5 Å². The number of hydrogen-bond acceptors (Lipinski definition) is 4. The summed E-state index contributed by atoms with van der Waals surface area (Å²) >= 11 is 0. The van der Waals surface area contributed by atoms with E-state index in [0.717, 1.165) is 29.8 Å². The smallest absolute Gasteiger partial charge is 0.254 e. The highest BCUT2D eigenvalue weighted by Crippen LogP contribution is 2.24. The molecular formula is C29H28N4O3. The number of amides is 2. The number of hydrogen-bond donors (Lipinski definition) is 1. The first-order valence-corrected chi connectivity index (χ1v) is 12.1. The van der Waals surface area contributed by atoms with Crippen molar-refractivity contribution in [3.63, 3.8) is 0 Å². The molecule has 1 fully saturated rings. The molecule has 0 bridgehead atoms. The molecule has 0 radical (unpaired) electrons. The van der Waals surface area contributed by atoms with E-state index in [4.69, 9.17) is 9.72 Å². The predicted molar refractivity (Wildman–Crippen MR) is 139 cm³/mol. The zero-order chi connectivity index (χ0) is 24.7. The van der Waals surface area contributed by atoms with Gasteiger partial charge >= 0.3 is 0 Å². The molecule has 182 valence electrons. The summed E-state index contributed by atoms with van der Waals surface area (Å²) in [5.41, 5.74) is 3.10. The number of imidazole rings is 1. The third-order valence-corrected chi connectivity index (χ3v) is 6.15. The highest BCUT2D eigenvalue weighted by Gasteiger charge is 2.26. The number of nitrogens with zero attached hydrogens (tertiary/aromatic N) is 3. The lowest BCUT2D eigenvalue weighted by atomic mass is 10.1. The number of carbonyl (C=O) groups is 2. The second kappa shape index (κ2) is 11.0. The molecule has 0 unspecified atom stereocenters. The molecule has 0 spiro atoms. The SMILES string of the molecule is O=C(CN(C[C@@H]1CCCO1)C(=O)c1ccccc1)Nc1nc(-c2ccccc2)cn1-c1ccccc1. The Labute approximate surface area is 210 Å². The van der Waals surface area contributed by atoms with Crippen LogP contribution in [0.15, 0.2) is 97.2 Å². The van der Waals surface area contributed by atoms with Gasteiger partial charge in [-0.1, -0.05) is 66.7 Å². The molecule has 0 saturated carbocycles. The van der Waals surface area contributed by atoms with Crippen molar-refractivity contribution in [3.05, 3.63) is 103 Å². The lowest BCUT2D eigenvalue weighted by molar-refractivity contribution is -0.117. The van der Waals surface area contributed by atoms with Crippen LogP contribution in [-0.4, -0.2) is 52.1 Å². The Morgan fingerprint density at radius 1 is 0.944 bits per heavy atom. The maximum atomic E-state index is 13.3. The topological polar surface area (TPSA) is 76.5 Å². The van der Waals surface area contributed by atoms with E-state index in [1.807, 2.05) is 89.6 Å². The molecule has 1 aliphatic rings. The highest BCUT2D eigenvalue weighted by molar-refractivity contribution is 5.99. The molecule has 7 nitrogen and oxygen atoms in total. The number of para-hydroxylation sites is 1. The van der Waals surface area contributed by atoms with Crippen molar-refractivity contribution >= 4 is 17.8 Å². The summed E-state index contributed by atoms with van der Waals surface area (Å²) in [7, 11) is 0. The summed E-state index contributed by atoms with van der Waals surface area (Å²) in [6, 6.07) is 28.5. The summed E-state index contributed by atoms with van der Waals surface area (Å²) in [6.07, 6.45) is 3.67. The third kappa shape index (κ3) is 5.53. The molecule has 1 N–H and O–H groups in total. The van der Waals surface area contributed by atoms with Gasteiger partial charge in [0.2, 0.25) is 11.9 Å². The van der Waals surface area contributed by atoms with Gasteiger partial charge in [0.05, 0.1) is 11.8 Å². The zero-order valence-corrected chi connectivity index (χ0v) is 19.9. The van der Waals surface area contributed by atoms with Crippen LogP contribution in [0.25, 0.3) is 16.9 Å². The maximum absolute atomic E-state index is 13.3. The van der Waals surface area contributed by atoms with Crippen LogP contribution in [0.5, 0.6) is 0 Å². The standard InChI is InChI=1S/C29H28N4O3/c34-27(21-32(19-25-17-10-18-36-25)28(35)23-13-6-2-7-14-23)31-29-30-26(22-11-4-1-5-12-22)20-33(29)24-15-8-3-9-16-24/h1-9,11-16,20,25H,10,17-19,21H2,(H,30,31,34)/t25-/m0/s1. The average molecular weight is 481 g/mol. The monoisotopic (exact) mass is 480 g/mol. The summed E-state index contributed by atoms with van der Waals surface area (Å²) in [5.74, 6) is -0.119. The van der Waals surface area contributed by atoms with E-state index in [1.165, 1.54) is 0 Å². The molecule has 0 aliphatic carbocycles. The first kappa shape index (κ1) is 23.5. The first-order valence-electron chi connectivity index (χ1n) is 12.1. The van der Waals surface area contributed by atoms with Crippen molar-refractivity contribution in [1.29, 1.82) is 0 Å². The van der Waals surface area contributed by atoms with Gasteiger partial charge in [-0.15, -0.1) is 0 Å². The molecule has 7 heteroatoms. The van der Waals surface area contributed by atoms with Crippen molar-refractivity contribution in [2.45, 2.75) is 18.9 Å². The molecule has 2 heterocycles. The van der Waals surface area contributed by atoms with Crippen LogP contribution < -0.4 is 5.32 Å². The van der Waals surface area contributed by atoms with Crippen LogP contribution in [0, 0.1) is 0 Å². The Morgan fingerprint density at radius 2 is 1.61 bits per heavy atom. The Morgan fingerprint density at radius 3 is 2.28 bits per heavy atom. The fourth-order valence-electron chi connectivity index (χ4n) is 4.36. The Bertz CT molecular complexity index is 1300. The number of ether oxygens (including phenoxy) is 1. The van der Waals surface area contributed by atoms with Crippen LogP contribution in [0.1, 0.15) is 23.2 Å². The Kier molecular flexibility index (Phi) is 7.19. The van der Waals surface area contributed by atoms with Gasteiger partial charge in [-0.25, -0.2) is 4.98 Å². The van der Waals surface area contributed by atoms with E-state index in [9.17, 15) is 9.59 Å². The van der Waals surface area contributed by atoms with E-state index in [-0.39, 0.29) is 24.5 Å². The van der Waals surface area contributed by atoms with E-state index < -0.39 is 0 Å². The van der Waals surface area contributed by atoms with Crippen LogP contribution in [-0.2, 0) is 9.53 Å². The van der Waals surface area contributed by atoms with Gasteiger partial charge in [-0.3, -0.25) is 19.5 Å². The highest BCUT2D eigenvalue weighted by atomic mass is 16.5. The number of aromatic nitrogens is 2. The molecule has 4 aromatic rings. The molecule has 3 aromatic carbocycles. The lowest BCUT2D eigenvalue weighted by Crippen LogP contribution is -2.42. The molecule has 1 aromatic heterocycles. The quantitative estimate of drug-likeness (QED) is 0.393. The fraction of sp³-hybridized carbons (Fsp3) is 0.207. The average Bonchev–Trinajstić information content (AvgIpc) is 3.60. The predicted octanol–water partition coefficient (Wildman–Crippen LogP) is 4.80. The number of rotatable bonds is 8. The van der Waals surface area contributed by atoms with E-state index in [1.54, 1.807) is 17.0 Å². The Hall–Kier alpha value is -4.23. The van der Waals surface area contributed by atoms with Crippen molar-refractivity contribution in [2.24, 2.45) is 0 Å². The van der Waals surface area contributed by atoms with Gasteiger partial charge in [0, 0.05) is 36.2 Å². The molecule has 1 aliphatic heterocycles. The van der Waals surface area contributed by atoms with Gasteiger partial charge < -0.3 is 9.64 Å². The summed E-state index contributed by atoms with van der Waals surface area (Å²) in [4.78, 5) is 32.8. The second-order valence-corrected chi connectivity index (χ2v) is 8.76. The van der Waals surface area contributed by atoms with Gasteiger partial charge in [-0.05, 0) is 37.1 Å². The normalized spacial score (nSPS) is 14.9. The number of carbonyl (C=O) groups excluding carboxylic acids is 2. The molecule has 5 rings (SSSR count). The maximum Gasteiger partial charge on any atom is 0.254 e. The van der Waals surface area contributed by atoms with E-state index >= 15 is 0 Å². The van der Waals surface area contributed by atoms with Crippen LogP contribution in [0.4, 0.5) is 5.95 Å². The largest absolute Gasteiger partial charge is 0.376 e. The molecule has 36 heavy (non-hydrogen) atoms. The minimum atomic E-state index is -0.320. The zero-order valence-electron chi connectivity index (χ0n) is 19.9. The van der Waals surface area contributed by atoms with Gasteiger partial charge in [0.25, 0.3) is 5.91 Å². The minimum absolute atomic E-state index is 0.0681. The van der Waals surface area contributed by atoms with Crippen LogP contribution in [0.2, 0.25) is 0 Å².